The van der Waals surface area contributed by atoms with Crippen LogP contribution in [0.4, 0.5) is 8.78 Å². The molecule has 2 unspecified atom stereocenters. The van der Waals surface area contributed by atoms with Crippen molar-refractivity contribution in [3.8, 4) is 0 Å². The number of hydrogen-bond acceptors (Lipinski definition) is 2. The Labute approximate surface area is 116 Å². The van der Waals surface area contributed by atoms with Crippen LogP contribution in [0.3, 0.4) is 0 Å². The van der Waals surface area contributed by atoms with Gasteiger partial charge in [-0.05, 0) is 30.2 Å². The molecule has 106 valence electrons. The maximum absolute atomic E-state index is 13.2. The van der Waals surface area contributed by atoms with Crippen molar-refractivity contribution in [3.63, 3.8) is 0 Å². The van der Waals surface area contributed by atoms with Gasteiger partial charge in [-0.2, -0.15) is 0 Å². The number of benzene rings is 2. The number of rotatable bonds is 5. The molecule has 2 aromatic carbocycles. The van der Waals surface area contributed by atoms with E-state index in [4.69, 9.17) is 4.74 Å². The zero-order chi connectivity index (χ0) is 14.5. The molecule has 0 radical (unpaired) electrons. The van der Waals surface area contributed by atoms with Crippen LogP contribution in [0.25, 0.3) is 0 Å². The molecule has 0 aliphatic heterocycles. The molecule has 0 spiro atoms. The number of hydrogen-bond donors (Lipinski definition) is 1. The fourth-order valence-electron chi connectivity index (χ4n) is 2.11. The van der Waals surface area contributed by atoms with Gasteiger partial charge in [-0.3, -0.25) is 0 Å². The first-order valence-electron chi connectivity index (χ1n) is 6.42. The smallest absolute Gasteiger partial charge is 0.126 e. The van der Waals surface area contributed by atoms with Crippen molar-refractivity contribution in [2.45, 2.75) is 19.1 Å². The second-order valence-corrected chi connectivity index (χ2v) is 4.43. The average molecular weight is 278 g/mol. The molecule has 0 aliphatic carbocycles. The zero-order valence-corrected chi connectivity index (χ0v) is 11.1. The highest BCUT2D eigenvalue weighted by molar-refractivity contribution is 5.26. The summed E-state index contributed by atoms with van der Waals surface area (Å²) in [5, 5.41) is 10.4. The van der Waals surface area contributed by atoms with E-state index in [1.165, 1.54) is 0 Å². The Balaban J connectivity index is 2.33. The van der Waals surface area contributed by atoms with E-state index < -0.39 is 23.8 Å². The molecule has 0 saturated carbocycles. The highest BCUT2D eigenvalue weighted by Gasteiger charge is 2.24. The highest BCUT2D eigenvalue weighted by Crippen LogP contribution is 2.32. The van der Waals surface area contributed by atoms with E-state index in [-0.39, 0.29) is 5.56 Å². The SMILES string of the molecule is CCOC(c1ccccc1)C(O)c1cc(F)cc(F)c1. The molecule has 0 fully saturated rings. The number of aliphatic hydroxyl groups excluding tert-OH is 1. The van der Waals surface area contributed by atoms with Gasteiger partial charge in [0.2, 0.25) is 0 Å². The summed E-state index contributed by atoms with van der Waals surface area (Å²) in [6.07, 6.45) is -1.80. The van der Waals surface area contributed by atoms with Crippen molar-refractivity contribution in [1.29, 1.82) is 0 Å². The Kier molecular flexibility index (Phi) is 4.82. The first kappa shape index (κ1) is 14.6. The van der Waals surface area contributed by atoms with E-state index in [1.807, 2.05) is 18.2 Å². The van der Waals surface area contributed by atoms with E-state index in [0.29, 0.717) is 6.61 Å². The number of ether oxygens (including phenoxy) is 1. The third-order valence-electron chi connectivity index (χ3n) is 2.99. The van der Waals surface area contributed by atoms with Gasteiger partial charge in [0.15, 0.2) is 0 Å². The maximum atomic E-state index is 13.2. The molecule has 0 aliphatic rings. The van der Waals surface area contributed by atoms with Crippen molar-refractivity contribution in [2.75, 3.05) is 6.61 Å². The third kappa shape index (κ3) is 3.40. The van der Waals surface area contributed by atoms with Gasteiger partial charge in [-0.15, -0.1) is 0 Å². The van der Waals surface area contributed by atoms with Crippen molar-refractivity contribution >= 4 is 0 Å². The third-order valence-corrected chi connectivity index (χ3v) is 2.99. The van der Waals surface area contributed by atoms with E-state index in [9.17, 15) is 13.9 Å². The molecule has 0 amide bonds. The first-order chi connectivity index (χ1) is 9.61. The molecule has 4 heteroatoms. The van der Waals surface area contributed by atoms with Crippen LogP contribution in [0.5, 0.6) is 0 Å². The Bertz CT molecular complexity index is 537. The van der Waals surface area contributed by atoms with Gasteiger partial charge >= 0.3 is 0 Å². The maximum Gasteiger partial charge on any atom is 0.126 e. The van der Waals surface area contributed by atoms with Crippen LogP contribution in [-0.4, -0.2) is 11.7 Å². The zero-order valence-electron chi connectivity index (χ0n) is 11.1. The molecule has 1 N–H and O–H groups in total. The summed E-state index contributed by atoms with van der Waals surface area (Å²) in [6, 6.07) is 12.1. The Morgan fingerprint density at radius 1 is 1.00 bits per heavy atom. The van der Waals surface area contributed by atoms with Crippen LogP contribution in [0.2, 0.25) is 0 Å². The summed E-state index contributed by atoms with van der Waals surface area (Å²) in [4.78, 5) is 0. The van der Waals surface area contributed by atoms with Crippen LogP contribution in [0, 0.1) is 11.6 Å². The van der Waals surface area contributed by atoms with E-state index in [2.05, 4.69) is 0 Å². The predicted molar refractivity (Wildman–Crippen MR) is 72.1 cm³/mol. The van der Waals surface area contributed by atoms with Gasteiger partial charge in [0, 0.05) is 12.7 Å². The quantitative estimate of drug-likeness (QED) is 0.902. The number of halogens is 2. The van der Waals surface area contributed by atoms with Crippen LogP contribution in [0.1, 0.15) is 30.3 Å². The fourth-order valence-corrected chi connectivity index (χ4v) is 2.11. The summed E-state index contributed by atoms with van der Waals surface area (Å²) in [6.45, 7) is 2.18. The monoisotopic (exact) mass is 278 g/mol. The summed E-state index contributed by atoms with van der Waals surface area (Å²) >= 11 is 0. The molecular weight excluding hydrogens is 262 g/mol. The fraction of sp³-hybridized carbons (Fsp3) is 0.250. The molecule has 20 heavy (non-hydrogen) atoms. The van der Waals surface area contributed by atoms with Gasteiger partial charge in [-0.25, -0.2) is 8.78 Å². The summed E-state index contributed by atoms with van der Waals surface area (Å²) in [5.41, 5.74) is 0.913. The van der Waals surface area contributed by atoms with Crippen molar-refractivity contribution in [3.05, 3.63) is 71.3 Å². The Morgan fingerprint density at radius 3 is 2.15 bits per heavy atom. The largest absolute Gasteiger partial charge is 0.385 e. The lowest BCUT2D eigenvalue weighted by molar-refractivity contribution is -0.0363. The molecule has 2 atom stereocenters. The van der Waals surface area contributed by atoms with Gasteiger partial charge in [0.1, 0.15) is 23.8 Å². The van der Waals surface area contributed by atoms with Gasteiger partial charge in [0.25, 0.3) is 0 Å². The molecule has 0 heterocycles. The van der Waals surface area contributed by atoms with Crippen LogP contribution in [-0.2, 0) is 4.74 Å². The first-order valence-corrected chi connectivity index (χ1v) is 6.42. The standard InChI is InChI=1S/C16H16F2O2/c1-2-20-16(11-6-4-3-5-7-11)15(19)12-8-13(17)10-14(18)9-12/h3-10,15-16,19H,2H2,1H3. The lowest BCUT2D eigenvalue weighted by atomic mass is 9.98. The van der Waals surface area contributed by atoms with E-state index in [1.54, 1.807) is 19.1 Å². The summed E-state index contributed by atoms with van der Waals surface area (Å²) in [7, 11) is 0. The summed E-state index contributed by atoms with van der Waals surface area (Å²) in [5.74, 6) is -1.44. The molecular formula is C16H16F2O2. The molecule has 0 bridgehead atoms. The van der Waals surface area contributed by atoms with E-state index in [0.717, 1.165) is 23.8 Å². The van der Waals surface area contributed by atoms with Crippen molar-refractivity contribution in [2.24, 2.45) is 0 Å². The summed E-state index contributed by atoms with van der Waals surface area (Å²) < 4.78 is 32.0. The van der Waals surface area contributed by atoms with Gasteiger partial charge < -0.3 is 9.84 Å². The normalized spacial score (nSPS) is 14.0. The second-order valence-electron chi connectivity index (χ2n) is 4.43. The van der Waals surface area contributed by atoms with Crippen molar-refractivity contribution in [1.82, 2.24) is 0 Å². The molecule has 2 aromatic rings. The second kappa shape index (κ2) is 6.59. The van der Waals surface area contributed by atoms with Gasteiger partial charge in [0.05, 0.1) is 0 Å². The van der Waals surface area contributed by atoms with Crippen molar-refractivity contribution < 1.29 is 18.6 Å². The number of aliphatic hydroxyl groups is 1. The van der Waals surface area contributed by atoms with Gasteiger partial charge in [-0.1, -0.05) is 30.3 Å². The molecule has 0 aromatic heterocycles. The van der Waals surface area contributed by atoms with Crippen LogP contribution in [0.15, 0.2) is 48.5 Å². The van der Waals surface area contributed by atoms with E-state index >= 15 is 0 Å². The minimum absolute atomic E-state index is 0.157. The average Bonchev–Trinajstić information content (AvgIpc) is 2.44. The Morgan fingerprint density at radius 2 is 1.60 bits per heavy atom. The molecule has 2 rings (SSSR count). The van der Waals surface area contributed by atoms with Crippen LogP contribution < -0.4 is 0 Å². The predicted octanol–water partition coefficient (Wildman–Crippen LogP) is 3.78. The molecule has 2 nitrogen and oxygen atoms in total. The minimum Gasteiger partial charge on any atom is -0.385 e. The minimum atomic E-state index is -1.14. The topological polar surface area (TPSA) is 29.5 Å². The molecule has 0 saturated heterocycles. The highest BCUT2D eigenvalue weighted by atomic mass is 19.1. The Hall–Kier alpha value is -1.78. The van der Waals surface area contributed by atoms with Crippen LogP contribution >= 0.6 is 0 Å². The lowest BCUT2D eigenvalue weighted by Gasteiger charge is -2.23. The lowest BCUT2D eigenvalue weighted by Crippen LogP contribution is -2.15.